The number of anilines is 2. The molecule has 23 heavy (non-hydrogen) atoms. The molecule has 0 spiro atoms. The molecule has 0 aliphatic carbocycles. The van der Waals surface area contributed by atoms with Crippen LogP contribution in [0.3, 0.4) is 0 Å². The van der Waals surface area contributed by atoms with Crippen molar-refractivity contribution in [2.75, 3.05) is 30.5 Å². The maximum Gasteiger partial charge on any atom is 0.279 e. The first-order chi connectivity index (χ1) is 11.1. The van der Waals surface area contributed by atoms with Gasteiger partial charge in [0, 0.05) is 25.7 Å². The van der Waals surface area contributed by atoms with Crippen LogP contribution in [0.4, 0.5) is 11.4 Å². The summed E-state index contributed by atoms with van der Waals surface area (Å²) in [6.45, 7) is 2.96. The first-order valence-corrected chi connectivity index (χ1v) is 7.63. The lowest BCUT2D eigenvalue weighted by Gasteiger charge is -2.28. The highest BCUT2D eigenvalue weighted by molar-refractivity contribution is 6.07. The number of ether oxygens (including phenoxy) is 1. The average molecular weight is 312 g/mol. The van der Waals surface area contributed by atoms with Gasteiger partial charge in [0.15, 0.2) is 5.69 Å². The molecule has 1 aromatic heterocycles. The summed E-state index contributed by atoms with van der Waals surface area (Å²) in [4.78, 5) is 17.0. The summed E-state index contributed by atoms with van der Waals surface area (Å²) >= 11 is 0. The Hall–Kier alpha value is -2.63. The van der Waals surface area contributed by atoms with Gasteiger partial charge in [-0.15, -0.1) is 10.2 Å². The van der Waals surface area contributed by atoms with Crippen LogP contribution < -0.4 is 14.5 Å². The van der Waals surface area contributed by atoms with Gasteiger partial charge in [-0.05, 0) is 31.5 Å². The number of fused-ring (bicyclic) bond motifs is 1. The van der Waals surface area contributed by atoms with Crippen LogP contribution in [-0.2, 0) is 0 Å². The minimum absolute atomic E-state index is 0.0810. The van der Waals surface area contributed by atoms with Crippen molar-refractivity contribution in [3.8, 4) is 5.88 Å². The summed E-state index contributed by atoms with van der Waals surface area (Å²) in [5, 5.41) is 7.90. The number of amides is 1. The molecule has 3 rings (SSSR count). The Bertz CT molecular complexity index is 702. The summed E-state index contributed by atoms with van der Waals surface area (Å²) in [6.07, 6.45) is 0.889. The molecule has 0 radical (unpaired) electrons. The molecule has 0 saturated carbocycles. The molecule has 1 amide bonds. The second-order valence-electron chi connectivity index (χ2n) is 5.68. The fraction of sp³-hybridized carbons (Fsp3) is 0.353. The van der Waals surface area contributed by atoms with E-state index in [1.54, 1.807) is 12.1 Å². The predicted molar refractivity (Wildman–Crippen MR) is 89.2 cm³/mol. The van der Waals surface area contributed by atoms with E-state index in [-0.39, 0.29) is 11.9 Å². The van der Waals surface area contributed by atoms with E-state index in [9.17, 15) is 4.79 Å². The number of methoxy groups -OCH3 is 1. The Morgan fingerprint density at radius 2 is 1.91 bits per heavy atom. The van der Waals surface area contributed by atoms with E-state index in [0.717, 1.165) is 24.3 Å². The number of aromatic nitrogens is 2. The lowest BCUT2D eigenvalue weighted by atomic mass is 10.1. The van der Waals surface area contributed by atoms with Gasteiger partial charge in [-0.3, -0.25) is 4.79 Å². The molecular weight excluding hydrogens is 292 g/mol. The molecule has 1 aromatic carbocycles. The molecule has 1 aliphatic heterocycles. The zero-order valence-electron chi connectivity index (χ0n) is 13.6. The Kier molecular flexibility index (Phi) is 4.14. The largest absolute Gasteiger partial charge is 0.480 e. The molecule has 120 valence electrons. The van der Waals surface area contributed by atoms with E-state index in [1.165, 1.54) is 7.11 Å². The number of carbonyl (C=O) groups is 1. The maximum atomic E-state index is 13.0. The number of nitrogens with zero attached hydrogens (tertiary/aromatic N) is 4. The Labute approximate surface area is 135 Å². The molecule has 0 unspecified atom stereocenters. The van der Waals surface area contributed by atoms with Crippen LogP contribution in [-0.4, -0.2) is 42.8 Å². The van der Waals surface area contributed by atoms with Crippen LogP contribution in [0.2, 0.25) is 0 Å². The van der Waals surface area contributed by atoms with Crippen molar-refractivity contribution in [1.82, 2.24) is 10.2 Å². The summed E-state index contributed by atoms with van der Waals surface area (Å²) in [6, 6.07) is 11.3. The number of carbonyl (C=O) groups excluding carboxylic acids is 1. The van der Waals surface area contributed by atoms with E-state index in [1.807, 2.05) is 36.2 Å². The van der Waals surface area contributed by atoms with Gasteiger partial charge >= 0.3 is 0 Å². The second kappa shape index (κ2) is 6.24. The van der Waals surface area contributed by atoms with Crippen molar-refractivity contribution in [2.45, 2.75) is 19.4 Å². The van der Waals surface area contributed by atoms with Gasteiger partial charge < -0.3 is 14.5 Å². The van der Waals surface area contributed by atoms with E-state index < -0.39 is 0 Å². The van der Waals surface area contributed by atoms with Crippen molar-refractivity contribution < 1.29 is 9.53 Å². The third-order valence-corrected chi connectivity index (χ3v) is 4.16. The summed E-state index contributed by atoms with van der Waals surface area (Å²) in [5.41, 5.74) is 2.27. The van der Waals surface area contributed by atoms with Gasteiger partial charge in [0.25, 0.3) is 5.91 Å². The van der Waals surface area contributed by atoms with Gasteiger partial charge in [0.1, 0.15) is 0 Å². The molecule has 0 N–H and O–H groups in total. The molecule has 1 aliphatic rings. The number of benzene rings is 1. The smallest absolute Gasteiger partial charge is 0.279 e. The third-order valence-electron chi connectivity index (χ3n) is 4.16. The third kappa shape index (κ3) is 2.84. The van der Waals surface area contributed by atoms with Gasteiger partial charge in [-0.25, -0.2) is 0 Å². The highest BCUT2D eigenvalue weighted by Gasteiger charge is 2.29. The highest BCUT2D eigenvalue weighted by atomic mass is 16.5. The minimum atomic E-state index is -0.143. The van der Waals surface area contributed by atoms with Crippen molar-refractivity contribution in [2.24, 2.45) is 0 Å². The molecule has 1 atom stereocenters. The highest BCUT2D eigenvalue weighted by Crippen LogP contribution is 2.34. The first kappa shape index (κ1) is 15.3. The Morgan fingerprint density at radius 1 is 1.17 bits per heavy atom. The second-order valence-corrected chi connectivity index (χ2v) is 5.68. The number of para-hydroxylation sites is 2. The first-order valence-electron chi connectivity index (χ1n) is 7.63. The molecule has 0 fully saturated rings. The molecule has 0 bridgehead atoms. The molecule has 6 nitrogen and oxygen atoms in total. The van der Waals surface area contributed by atoms with E-state index in [4.69, 9.17) is 4.74 Å². The van der Waals surface area contributed by atoms with Crippen LogP contribution >= 0.6 is 0 Å². The molecular formula is C17H20N4O2. The topological polar surface area (TPSA) is 58.6 Å². The van der Waals surface area contributed by atoms with Crippen molar-refractivity contribution in [3.63, 3.8) is 0 Å². The van der Waals surface area contributed by atoms with E-state index in [2.05, 4.69) is 22.0 Å². The van der Waals surface area contributed by atoms with Gasteiger partial charge in [-0.1, -0.05) is 12.1 Å². The van der Waals surface area contributed by atoms with Crippen molar-refractivity contribution in [1.29, 1.82) is 0 Å². The monoisotopic (exact) mass is 312 g/mol. The van der Waals surface area contributed by atoms with Crippen LogP contribution in [0.1, 0.15) is 23.8 Å². The van der Waals surface area contributed by atoms with E-state index >= 15 is 0 Å². The zero-order valence-corrected chi connectivity index (χ0v) is 13.6. The lowest BCUT2D eigenvalue weighted by Crippen LogP contribution is -2.39. The number of hydrogen-bond acceptors (Lipinski definition) is 5. The van der Waals surface area contributed by atoms with Crippen LogP contribution in [0.25, 0.3) is 0 Å². The number of hydrogen-bond donors (Lipinski definition) is 0. The Balaban J connectivity index is 2.01. The number of rotatable bonds is 2. The van der Waals surface area contributed by atoms with Crippen molar-refractivity contribution in [3.05, 3.63) is 42.1 Å². The van der Waals surface area contributed by atoms with Crippen LogP contribution in [0, 0.1) is 0 Å². The lowest BCUT2D eigenvalue weighted by molar-refractivity contribution is 0.0972. The van der Waals surface area contributed by atoms with Gasteiger partial charge in [0.05, 0.1) is 18.5 Å². The van der Waals surface area contributed by atoms with E-state index in [0.29, 0.717) is 11.6 Å². The SMILES string of the molecule is COc1ccc(C(=O)N2c3ccccc3N(C)CC[C@H]2C)nn1. The van der Waals surface area contributed by atoms with Crippen LogP contribution in [0.5, 0.6) is 5.88 Å². The Morgan fingerprint density at radius 3 is 2.57 bits per heavy atom. The van der Waals surface area contributed by atoms with Gasteiger partial charge in [-0.2, -0.15) is 0 Å². The van der Waals surface area contributed by atoms with Crippen LogP contribution in [0.15, 0.2) is 36.4 Å². The molecule has 2 aromatic rings. The fourth-order valence-electron chi connectivity index (χ4n) is 2.83. The summed E-state index contributed by atoms with van der Waals surface area (Å²) in [7, 11) is 3.57. The summed E-state index contributed by atoms with van der Waals surface area (Å²) in [5.74, 6) is 0.251. The normalized spacial score (nSPS) is 17.4. The quantitative estimate of drug-likeness (QED) is 0.852. The summed E-state index contributed by atoms with van der Waals surface area (Å²) < 4.78 is 5.00. The molecule has 6 heteroatoms. The maximum absolute atomic E-state index is 13.0. The fourth-order valence-corrected chi connectivity index (χ4v) is 2.83. The molecule has 2 heterocycles. The standard InChI is InChI=1S/C17H20N4O2/c1-12-10-11-20(2)14-6-4-5-7-15(14)21(12)17(22)13-8-9-16(23-3)19-18-13/h4-9,12H,10-11H2,1-3H3/t12-/m1/s1. The minimum Gasteiger partial charge on any atom is -0.480 e. The van der Waals surface area contributed by atoms with Gasteiger partial charge in [0.2, 0.25) is 5.88 Å². The average Bonchev–Trinajstić information content (AvgIpc) is 2.72. The molecule has 0 saturated heterocycles. The zero-order chi connectivity index (χ0) is 16.4. The van der Waals surface area contributed by atoms with Crippen molar-refractivity contribution >= 4 is 17.3 Å². The predicted octanol–water partition coefficient (Wildman–Crippen LogP) is 2.36.